The summed E-state index contributed by atoms with van der Waals surface area (Å²) in [5, 5.41) is 4.91. The van der Waals surface area contributed by atoms with E-state index in [4.69, 9.17) is 0 Å². The zero-order valence-corrected chi connectivity index (χ0v) is 13.6. The van der Waals surface area contributed by atoms with E-state index in [1.165, 1.54) is 11.6 Å². The molecule has 0 atom stereocenters. The molecule has 0 saturated carbocycles. The summed E-state index contributed by atoms with van der Waals surface area (Å²) >= 11 is 0. The SMILES string of the molecule is Cc1ccc(-c2c3c(=O)n(C)c(=O)n(C)c3c3cccnn23)cc1. The average Bonchev–Trinajstić information content (AvgIpc) is 2.94. The fraction of sp³-hybridized carbons (Fsp3) is 0.167. The lowest BCUT2D eigenvalue weighted by molar-refractivity contribution is 0.716. The number of benzene rings is 1. The first-order valence-electron chi connectivity index (χ1n) is 7.63. The Bertz CT molecular complexity index is 1210. The summed E-state index contributed by atoms with van der Waals surface area (Å²) in [5.41, 5.74) is 3.41. The van der Waals surface area contributed by atoms with Crippen molar-refractivity contribution < 1.29 is 0 Å². The van der Waals surface area contributed by atoms with Crippen molar-refractivity contribution in [1.29, 1.82) is 0 Å². The van der Waals surface area contributed by atoms with Gasteiger partial charge in [0.25, 0.3) is 5.56 Å². The van der Waals surface area contributed by atoms with Crippen molar-refractivity contribution >= 4 is 16.4 Å². The Hall–Kier alpha value is -3.15. The zero-order chi connectivity index (χ0) is 17.0. The lowest BCUT2D eigenvalue weighted by Gasteiger charge is -2.05. The molecule has 24 heavy (non-hydrogen) atoms. The predicted molar refractivity (Wildman–Crippen MR) is 93.4 cm³/mol. The fourth-order valence-corrected chi connectivity index (χ4v) is 3.17. The van der Waals surface area contributed by atoms with E-state index in [0.717, 1.165) is 21.2 Å². The van der Waals surface area contributed by atoms with Gasteiger partial charge in [-0.05, 0) is 19.1 Å². The maximum Gasteiger partial charge on any atom is 0.331 e. The highest BCUT2D eigenvalue weighted by atomic mass is 16.2. The summed E-state index contributed by atoms with van der Waals surface area (Å²) in [6.45, 7) is 2.01. The number of rotatable bonds is 1. The topological polar surface area (TPSA) is 61.3 Å². The maximum absolute atomic E-state index is 12.8. The van der Waals surface area contributed by atoms with Gasteiger partial charge in [0.15, 0.2) is 0 Å². The molecule has 3 aromatic heterocycles. The lowest BCUT2D eigenvalue weighted by atomic mass is 10.1. The molecule has 0 bridgehead atoms. The highest BCUT2D eigenvalue weighted by molar-refractivity contribution is 6.03. The first-order chi connectivity index (χ1) is 11.5. The molecule has 0 spiro atoms. The van der Waals surface area contributed by atoms with Crippen molar-refractivity contribution in [3.05, 3.63) is 69.0 Å². The van der Waals surface area contributed by atoms with Crippen molar-refractivity contribution in [2.75, 3.05) is 0 Å². The molecular weight excluding hydrogens is 304 g/mol. The highest BCUT2D eigenvalue weighted by Gasteiger charge is 2.21. The molecule has 4 aromatic rings. The minimum Gasteiger partial charge on any atom is -0.294 e. The second-order valence-corrected chi connectivity index (χ2v) is 5.96. The molecule has 0 aliphatic carbocycles. The zero-order valence-electron chi connectivity index (χ0n) is 13.6. The first kappa shape index (κ1) is 14.4. The minimum atomic E-state index is -0.348. The molecule has 4 rings (SSSR count). The summed E-state index contributed by atoms with van der Waals surface area (Å²) in [7, 11) is 3.18. The van der Waals surface area contributed by atoms with Crippen LogP contribution in [0.5, 0.6) is 0 Å². The maximum atomic E-state index is 12.8. The van der Waals surface area contributed by atoms with E-state index >= 15 is 0 Å². The average molecular weight is 320 g/mol. The van der Waals surface area contributed by atoms with E-state index in [1.54, 1.807) is 23.8 Å². The van der Waals surface area contributed by atoms with Crippen LogP contribution in [0.1, 0.15) is 5.56 Å². The standard InChI is InChI=1S/C18H16N4O2/c1-11-6-8-12(9-7-11)15-14-16(13-5-4-10-19-22(13)15)20(2)18(24)21(3)17(14)23/h4-10H,1-3H3. The minimum absolute atomic E-state index is 0.311. The van der Waals surface area contributed by atoms with Crippen molar-refractivity contribution in [3.8, 4) is 11.3 Å². The van der Waals surface area contributed by atoms with Gasteiger partial charge in [0.1, 0.15) is 0 Å². The van der Waals surface area contributed by atoms with Crippen molar-refractivity contribution in [2.24, 2.45) is 14.1 Å². The summed E-state index contributed by atoms with van der Waals surface area (Å²) in [4.78, 5) is 25.2. The second-order valence-electron chi connectivity index (χ2n) is 5.96. The third-order valence-electron chi connectivity index (χ3n) is 4.43. The van der Waals surface area contributed by atoms with Crippen LogP contribution in [0.4, 0.5) is 0 Å². The Morgan fingerprint density at radius 3 is 2.38 bits per heavy atom. The van der Waals surface area contributed by atoms with Gasteiger partial charge >= 0.3 is 5.69 Å². The van der Waals surface area contributed by atoms with E-state index < -0.39 is 0 Å². The predicted octanol–water partition coefficient (Wildman–Crippen LogP) is 1.86. The smallest absolute Gasteiger partial charge is 0.294 e. The Morgan fingerprint density at radius 2 is 1.67 bits per heavy atom. The summed E-state index contributed by atoms with van der Waals surface area (Å²) in [5.74, 6) is 0. The number of fused-ring (bicyclic) bond motifs is 3. The number of nitrogens with zero attached hydrogens (tertiary/aromatic N) is 4. The van der Waals surface area contributed by atoms with Gasteiger partial charge in [0.05, 0.1) is 22.1 Å². The third kappa shape index (κ3) is 1.79. The largest absolute Gasteiger partial charge is 0.331 e. The number of hydrogen-bond donors (Lipinski definition) is 0. The van der Waals surface area contributed by atoms with Crippen LogP contribution < -0.4 is 11.2 Å². The van der Waals surface area contributed by atoms with Gasteiger partial charge in [-0.15, -0.1) is 0 Å². The quantitative estimate of drug-likeness (QED) is 0.538. The molecule has 0 saturated heterocycles. The van der Waals surface area contributed by atoms with Crippen molar-refractivity contribution in [3.63, 3.8) is 0 Å². The second kappa shape index (κ2) is 4.92. The van der Waals surface area contributed by atoms with E-state index in [9.17, 15) is 9.59 Å². The van der Waals surface area contributed by atoms with Gasteiger partial charge in [-0.1, -0.05) is 29.8 Å². The Labute approximate surface area is 137 Å². The molecular formula is C18H16N4O2. The van der Waals surface area contributed by atoms with Crippen molar-refractivity contribution in [1.82, 2.24) is 18.7 Å². The molecule has 120 valence electrons. The summed E-state index contributed by atoms with van der Waals surface area (Å²) < 4.78 is 4.38. The van der Waals surface area contributed by atoms with Crippen LogP contribution in [0, 0.1) is 6.92 Å². The number of aromatic nitrogens is 4. The Balaban J connectivity index is 2.34. The molecule has 0 unspecified atom stereocenters. The molecule has 0 N–H and O–H groups in total. The number of aryl methyl sites for hydroxylation is 2. The van der Waals surface area contributed by atoms with E-state index in [0.29, 0.717) is 16.6 Å². The van der Waals surface area contributed by atoms with Crippen LogP contribution in [0.2, 0.25) is 0 Å². The van der Waals surface area contributed by atoms with Gasteiger partial charge in [-0.25, -0.2) is 9.31 Å². The molecule has 6 heteroatoms. The third-order valence-corrected chi connectivity index (χ3v) is 4.43. The lowest BCUT2D eigenvalue weighted by Crippen LogP contribution is -2.36. The normalized spacial score (nSPS) is 11.5. The van der Waals surface area contributed by atoms with E-state index in [2.05, 4.69) is 5.10 Å². The summed E-state index contributed by atoms with van der Waals surface area (Å²) in [6, 6.07) is 11.6. The number of hydrogen-bond acceptors (Lipinski definition) is 3. The molecule has 0 radical (unpaired) electrons. The van der Waals surface area contributed by atoms with E-state index in [-0.39, 0.29) is 11.2 Å². The summed E-state index contributed by atoms with van der Waals surface area (Å²) in [6.07, 6.45) is 1.67. The molecule has 0 amide bonds. The highest BCUT2D eigenvalue weighted by Crippen LogP contribution is 2.30. The van der Waals surface area contributed by atoms with Crippen molar-refractivity contribution in [2.45, 2.75) is 6.92 Å². The van der Waals surface area contributed by atoms with Crippen LogP contribution in [0.25, 0.3) is 27.7 Å². The molecule has 0 fully saturated rings. The Morgan fingerprint density at radius 1 is 0.958 bits per heavy atom. The molecule has 3 heterocycles. The van der Waals surface area contributed by atoms with Crippen LogP contribution in [-0.2, 0) is 14.1 Å². The van der Waals surface area contributed by atoms with Gasteiger partial charge in [-0.3, -0.25) is 13.9 Å². The van der Waals surface area contributed by atoms with Crippen LogP contribution >= 0.6 is 0 Å². The van der Waals surface area contributed by atoms with Gasteiger partial charge in [-0.2, -0.15) is 5.10 Å². The first-order valence-corrected chi connectivity index (χ1v) is 7.63. The molecule has 6 nitrogen and oxygen atoms in total. The molecule has 0 aliphatic rings. The fourth-order valence-electron chi connectivity index (χ4n) is 3.17. The van der Waals surface area contributed by atoms with Gasteiger partial charge < -0.3 is 0 Å². The monoisotopic (exact) mass is 320 g/mol. The van der Waals surface area contributed by atoms with Crippen LogP contribution in [0.3, 0.4) is 0 Å². The van der Waals surface area contributed by atoms with Gasteiger partial charge in [0.2, 0.25) is 0 Å². The molecule has 0 aliphatic heterocycles. The Kier molecular flexibility index (Phi) is 2.96. The van der Waals surface area contributed by atoms with Crippen LogP contribution in [0.15, 0.2) is 52.2 Å². The van der Waals surface area contributed by atoms with E-state index in [1.807, 2.05) is 37.3 Å². The van der Waals surface area contributed by atoms with Gasteiger partial charge in [0, 0.05) is 25.9 Å². The van der Waals surface area contributed by atoms with Crippen LogP contribution in [-0.4, -0.2) is 18.7 Å². The molecule has 1 aromatic carbocycles.